The fourth-order valence-corrected chi connectivity index (χ4v) is 3.88. The van der Waals surface area contributed by atoms with E-state index in [4.69, 9.17) is 9.05 Å². The second kappa shape index (κ2) is 7.70. The summed E-state index contributed by atoms with van der Waals surface area (Å²) in [6, 6.07) is 19.6. The van der Waals surface area contributed by atoms with Gasteiger partial charge < -0.3 is 9.05 Å². The van der Waals surface area contributed by atoms with E-state index in [1.165, 1.54) is 14.2 Å². The molecule has 0 saturated carbocycles. The van der Waals surface area contributed by atoms with Crippen LogP contribution in [0.25, 0.3) is 0 Å². The van der Waals surface area contributed by atoms with Crippen LogP contribution in [0, 0.1) is 0 Å². The Labute approximate surface area is 132 Å². The lowest BCUT2D eigenvalue weighted by molar-refractivity contribution is 0.256. The average Bonchev–Trinajstić information content (AvgIpc) is 2.60. The molecule has 22 heavy (non-hydrogen) atoms. The Bertz CT molecular complexity index is 610. The first-order chi connectivity index (χ1) is 10.6. The SMILES string of the molecule is COP(=O)(OC)[C@@H](N[C@H](C)c1ccccc1)c1ccccc1. The first kappa shape index (κ1) is 16.9. The lowest BCUT2D eigenvalue weighted by Crippen LogP contribution is -2.25. The van der Waals surface area contributed by atoms with Crippen LogP contribution >= 0.6 is 7.60 Å². The Morgan fingerprint density at radius 1 is 0.864 bits per heavy atom. The smallest absolute Gasteiger partial charge is 0.311 e. The van der Waals surface area contributed by atoms with Gasteiger partial charge in [-0.25, -0.2) is 0 Å². The second-order valence-corrected chi connectivity index (χ2v) is 7.34. The van der Waals surface area contributed by atoms with Gasteiger partial charge >= 0.3 is 7.60 Å². The molecule has 2 atom stereocenters. The van der Waals surface area contributed by atoms with E-state index in [1.807, 2.05) is 67.6 Å². The zero-order valence-corrected chi connectivity index (χ0v) is 14.0. The van der Waals surface area contributed by atoms with Crippen LogP contribution in [-0.2, 0) is 13.6 Å². The molecule has 0 aliphatic heterocycles. The van der Waals surface area contributed by atoms with Gasteiger partial charge in [0.25, 0.3) is 0 Å². The van der Waals surface area contributed by atoms with Crippen molar-refractivity contribution in [1.82, 2.24) is 5.32 Å². The summed E-state index contributed by atoms with van der Waals surface area (Å²) in [5, 5.41) is 3.38. The lowest BCUT2D eigenvalue weighted by atomic mass is 10.1. The number of rotatable bonds is 7. The zero-order valence-electron chi connectivity index (χ0n) is 13.1. The Hall–Kier alpha value is -1.45. The summed E-state index contributed by atoms with van der Waals surface area (Å²) < 4.78 is 23.3. The monoisotopic (exact) mass is 319 g/mol. The number of nitrogens with one attached hydrogen (secondary N) is 1. The van der Waals surface area contributed by atoms with E-state index in [0.717, 1.165) is 11.1 Å². The molecule has 2 aromatic carbocycles. The third-order valence-electron chi connectivity index (χ3n) is 3.65. The molecule has 0 saturated heterocycles. The van der Waals surface area contributed by atoms with Crippen molar-refractivity contribution in [3.05, 3.63) is 71.8 Å². The second-order valence-electron chi connectivity index (χ2n) is 5.02. The molecular formula is C17H22NO3P. The summed E-state index contributed by atoms with van der Waals surface area (Å²) in [4.78, 5) is 0. The highest BCUT2D eigenvalue weighted by atomic mass is 31.2. The Morgan fingerprint density at radius 2 is 1.32 bits per heavy atom. The summed E-state index contributed by atoms with van der Waals surface area (Å²) in [7, 11) is -0.475. The minimum Gasteiger partial charge on any atom is -0.311 e. The van der Waals surface area contributed by atoms with Gasteiger partial charge in [0.15, 0.2) is 0 Å². The van der Waals surface area contributed by atoms with Crippen LogP contribution in [-0.4, -0.2) is 14.2 Å². The van der Waals surface area contributed by atoms with E-state index < -0.39 is 13.4 Å². The quantitative estimate of drug-likeness (QED) is 0.762. The lowest BCUT2D eigenvalue weighted by Gasteiger charge is -2.28. The Balaban J connectivity index is 2.31. The highest BCUT2D eigenvalue weighted by Crippen LogP contribution is 2.59. The van der Waals surface area contributed by atoms with Gasteiger partial charge in [0.1, 0.15) is 5.78 Å². The average molecular weight is 319 g/mol. The molecule has 0 aromatic heterocycles. The van der Waals surface area contributed by atoms with E-state index in [2.05, 4.69) is 5.32 Å². The first-order valence-electron chi connectivity index (χ1n) is 7.18. The van der Waals surface area contributed by atoms with Crippen LogP contribution in [0.2, 0.25) is 0 Å². The van der Waals surface area contributed by atoms with Crippen molar-refractivity contribution in [2.45, 2.75) is 18.7 Å². The summed E-state index contributed by atoms with van der Waals surface area (Å²) in [5.41, 5.74) is 1.99. The molecule has 0 aliphatic carbocycles. The minimum absolute atomic E-state index is 0.00466. The molecule has 0 heterocycles. The predicted molar refractivity (Wildman–Crippen MR) is 88.8 cm³/mol. The molecule has 0 aliphatic rings. The standard InChI is InChI=1S/C17H22NO3P/c1-14(15-10-6-4-7-11-15)18-17(22(19,20-2)21-3)16-12-8-5-9-13-16/h4-14,17-18H,1-3H3/t14-,17-/m1/s1. The van der Waals surface area contributed by atoms with Crippen LogP contribution in [0.15, 0.2) is 60.7 Å². The van der Waals surface area contributed by atoms with Crippen molar-refractivity contribution in [3.63, 3.8) is 0 Å². The maximum atomic E-state index is 12.9. The number of hydrogen-bond donors (Lipinski definition) is 1. The third-order valence-corrected chi connectivity index (χ3v) is 5.75. The fourth-order valence-electron chi connectivity index (χ4n) is 2.37. The number of benzene rings is 2. The van der Waals surface area contributed by atoms with Crippen LogP contribution in [0.4, 0.5) is 0 Å². The highest BCUT2D eigenvalue weighted by Gasteiger charge is 2.36. The maximum absolute atomic E-state index is 12.9. The van der Waals surface area contributed by atoms with E-state index in [9.17, 15) is 4.57 Å². The van der Waals surface area contributed by atoms with Crippen molar-refractivity contribution in [1.29, 1.82) is 0 Å². The Morgan fingerprint density at radius 3 is 1.77 bits per heavy atom. The fraction of sp³-hybridized carbons (Fsp3) is 0.294. The zero-order chi connectivity index (χ0) is 16.0. The summed E-state index contributed by atoms with van der Waals surface area (Å²) >= 11 is 0. The molecule has 0 amide bonds. The molecule has 4 nitrogen and oxygen atoms in total. The van der Waals surface area contributed by atoms with Crippen molar-refractivity contribution in [2.24, 2.45) is 0 Å². The van der Waals surface area contributed by atoms with Crippen molar-refractivity contribution in [3.8, 4) is 0 Å². The number of hydrogen-bond acceptors (Lipinski definition) is 4. The van der Waals surface area contributed by atoms with E-state index in [-0.39, 0.29) is 6.04 Å². The van der Waals surface area contributed by atoms with Gasteiger partial charge in [-0.2, -0.15) is 0 Å². The van der Waals surface area contributed by atoms with Crippen LogP contribution in [0.5, 0.6) is 0 Å². The van der Waals surface area contributed by atoms with E-state index in [1.54, 1.807) is 0 Å². The normalized spacial score (nSPS) is 14.5. The van der Waals surface area contributed by atoms with Gasteiger partial charge in [-0.05, 0) is 18.1 Å². The molecule has 0 unspecified atom stereocenters. The molecule has 0 spiro atoms. The molecule has 2 aromatic rings. The van der Waals surface area contributed by atoms with Gasteiger partial charge in [-0.1, -0.05) is 60.7 Å². The van der Waals surface area contributed by atoms with Gasteiger partial charge in [-0.15, -0.1) is 0 Å². The molecule has 5 heteroatoms. The van der Waals surface area contributed by atoms with Gasteiger partial charge in [-0.3, -0.25) is 9.88 Å². The summed E-state index contributed by atoms with van der Waals surface area (Å²) in [6.07, 6.45) is 0. The van der Waals surface area contributed by atoms with Gasteiger partial charge in [0, 0.05) is 20.3 Å². The first-order valence-corrected chi connectivity index (χ1v) is 8.79. The molecular weight excluding hydrogens is 297 g/mol. The Kier molecular flexibility index (Phi) is 5.92. The minimum atomic E-state index is -3.30. The third kappa shape index (κ3) is 3.84. The molecule has 2 rings (SSSR count). The van der Waals surface area contributed by atoms with Crippen molar-refractivity contribution >= 4 is 7.60 Å². The molecule has 0 bridgehead atoms. The van der Waals surface area contributed by atoms with Gasteiger partial charge in [0.05, 0.1) is 0 Å². The summed E-state index contributed by atoms with van der Waals surface area (Å²) in [5.74, 6) is -0.529. The van der Waals surface area contributed by atoms with Crippen LogP contribution in [0.3, 0.4) is 0 Å². The predicted octanol–water partition coefficient (Wildman–Crippen LogP) is 4.52. The van der Waals surface area contributed by atoms with E-state index >= 15 is 0 Å². The van der Waals surface area contributed by atoms with Gasteiger partial charge in [0.2, 0.25) is 0 Å². The molecule has 0 radical (unpaired) electrons. The maximum Gasteiger partial charge on any atom is 0.351 e. The van der Waals surface area contributed by atoms with Crippen LogP contribution < -0.4 is 5.32 Å². The molecule has 0 fully saturated rings. The highest BCUT2D eigenvalue weighted by molar-refractivity contribution is 7.54. The van der Waals surface area contributed by atoms with Crippen molar-refractivity contribution < 1.29 is 13.6 Å². The topological polar surface area (TPSA) is 47.6 Å². The largest absolute Gasteiger partial charge is 0.351 e. The summed E-state index contributed by atoms with van der Waals surface area (Å²) in [6.45, 7) is 2.03. The van der Waals surface area contributed by atoms with E-state index in [0.29, 0.717) is 0 Å². The van der Waals surface area contributed by atoms with Crippen molar-refractivity contribution in [2.75, 3.05) is 14.2 Å². The van der Waals surface area contributed by atoms with Crippen LogP contribution in [0.1, 0.15) is 29.9 Å². The molecule has 118 valence electrons. The molecule has 1 N–H and O–H groups in total.